The summed E-state index contributed by atoms with van der Waals surface area (Å²) >= 11 is 0. The summed E-state index contributed by atoms with van der Waals surface area (Å²) in [5, 5.41) is 6.35. The van der Waals surface area contributed by atoms with Gasteiger partial charge in [0.25, 0.3) is 0 Å². The molecule has 1 saturated carbocycles. The van der Waals surface area contributed by atoms with Crippen molar-refractivity contribution in [3.05, 3.63) is 35.4 Å². The summed E-state index contributed by atoms with van der Waals surface area (Å²) < 4.78 is 0. The van der Waals surface area contributed by atoms with Crippen molar-refractivity contribution in [3.8, 4) is 0 Å². The Labute approximate surface area is 121 Å². The molecule has 0 saturated heterocycles. The van der Waals surface area contributed by atoms with Crippen LogP contribution in [-0.2, 0) is 17.6 Å². The molecule has 0 spiro atoms. The molecule has 2 aliphatic rings. The monoisotopic (exact) mass is 272 g/mol. The van der Waals surface area contributed by atoms with Crippen LogP contribution in [0.3, 0.4) is 0 Å². The van der Waals surface area contributed by atoms with Crippen molar-refractivity contribution in [2.75, 3.05) is 13.6 Å². The van der Waals surface area contributed by atoms with Crippen molar-refractivity contribution in [3.63, 3.8) is 0 Å². The topological polar surface area (TPSA) is 41.1 Å². The molecule has 0 radical (unpaired) electrons. The van der Waals surface area contributed by atoms with Gasteiger partial charge in [-0.3, -0.25) is 4.79 Å². The van der Waals surface area contributed by atoms with Gasteiger partial charge >= 0.3 is 0 Å². The number of fused-ring (bicyclic) bond motifs is 3. The first-order chi connectivity index (χ1) is 9.78. The molecule has 0 aliphatic heterocycles. The van der Waals surface area contributed by atoms with Crippen LogP contribution in [0.15, 0.2) is 24.3 Å². The van der Waals surface area contributed by atoms with Crippen LogP contribution >= 0.6 is 0 Å². The fourth-order valence-corrected chi connectivity index (χ4v) is 3.96. The number of carbonyl (C=O) groups excluding carboxylic acids is 1. The van der Waals surface area contributed by atoms with Gasteiger partial charge in [-0.05, 0) is 48.6 Å². The van der Waals surface area contributed by atoms with Gasteiger partial charge in [-0.2, -0.15) is 0 Å². The molecular weight excluding hydrogens is 248 g/mol. The predicted molar refractivity (Wildman–Crippen MR) is 80.5 cm³/mol. The molecule has 2 bridgehead atoms. The highest BCUT2D eigenvalue weighted by molar-refractivity contribution is 5.75. The highest BCUT2D eigenvalue weighted by Crippen LogP contribution is 2.39. The number of hydrogen-bond donors (Lipinski definition) is 2. The Morgan fingerprint density at radius 2 is 1.75 bits per heavy atom. The lowest BCUT2D eigenvalue weighted by molar-refractivity contribution is -0.120. The molecule has 1 aromatic rings. The molecule has 3 nitrogen and oxygen atoms in total. The largest absolute Gasteiger partial charge is 0.359 e. The molecule has 2 N–H and O–H groups in total. The summed E-state index contributed by atoms with van der Waals surface area (Å²) in [5.74, 6) is 1.61. The smallest absolute Gasteiger partial charge is 0.221 e. The van der Waals surface area contributed by atoms with Crippen molar-refractivity contribution in [1.29, 1.82) is 0 Å². The zero-order valence-corrected chi connectivity index (χ0v) is 12.2. The SMILES string of the molecule is CNC(=O)CCNC1C2CCC1Cc1ccccc1C2. The minimum Gasteiger partial charge on any atom is -0.359 e. The number of carbonyl (C=O) groups is 1. The molecule has 0 aromatic heterocycles. The minimum atomic E-state index is 0.127. The van der Waals surface area contributed by atoms with Crippen LogP contribution in [0.1, 0.15) is 30.4 Å². The number of benzene rings is 1. The Hall–Kier alpha value is -1.35. The summed E-state index contributed by atoms with van der Waals surface area (Å²) in [6.07, 6.45) is 5.64. The van der Waals surface area contributed by atoms with Crippen molar-refractivity contribution < 1.29 is 4.79 Å². The maximum Gasteiger partial charge on any atom is 0.221 e. The number of nitrogens with one attached hydrogen (secondary N) is 2. The van der Waals surface area contributed by atoms with Crippen LogP contribution in [0.25, 0.3) is 0 Å². The van der Waals surface area contributed by atoms with E-state index in [-0.39, 0.29) is 5.91 Å². The number of amides is 1. The molecule has 2 aliphatic carbocycles. The fraction of sp³-hybridized carbons (Fsp3) is 0.588. The lowest BCUT2D eigenvalue weighted by Crippen LogP contribution is -2.39. The van der Waals surface area contributed by atoms with E-state index in [0.717, 1.165) is 18.4 Å². The summed E-state index contributed by atoms with van der Waals surface area (Å²) in [7, 11) is 1.70. The quantitative estimate of drug-likeness (QED) is 0.879. The van der Waals surface area contributed by atoms with E-state index in [1.165, 1.54) is 36.8 Å². The third-order valence-corrected chi connectivity index (χ3v) is 5.02. The first-order valence-corrected chi connectivity index (χ1v) is 7.78. The molecule has 1 fully saturated rings. The Bertz CT molecular complexity index is 453. The Kier molecular flexibility index (Phi) is 4.06. The Morgan fingerprint density at radius 1 is 1.15 bits per heavy atom. The number of rotatable bonds is 4. The molecule has 2 unspecified atom stereocenters. The van der Waals surface area contributed by atoms with E-state index in [9.17, 15) is 4.79 Å². The molecule has 108 valence electrons. The fourth-order valence-electron chi connectivity index (χ4n) is 3.96. The van der Waals surface area contributed by atoms with Gasteiger partial charge in [0, 0.05) is 26.1 Å². The summed E-state index contributed by atoms with van der Waals surface area (Å²) in [5.41, 5.74) is 3.08. The van der Waals surface area contributed by atoms with Gasteiger partial charge in [0.2, 0.25) is 5.91 Å². The maximum atomic E-state index is 11.3. The van der Waals surface area contributed by atoms with E-state index in [2.05, 4.69) is 34.9 Å². The molecule has 3 heteroatoms. The zero-order valence-electron chi connectivity index (χ0n) is 12.2. The van der Waals surface area contributed by atoms with Crippen LogP contribution in [0.2, 0.25) is 0 Å². The van der Waals surface area contributed by atoms with E-state index in [0.29, 0.717) is 12.5 Å². The Balaban J connectivity index is 1.65. The summed E-state index contributed by atoms with van der Waals surface area (Å²) in [4.78, 5) is 11.3. The van der Waals surface area contributed by atoms with Crippen LogP contribution in [0.4, 0.5) is 0 Å². The molecule has 20 heavy (non-hydrogen) atoms. The van der Waals surface area contributed by atoms with Gasteiger partial charge in [0.1, 0.15) is 0 Å². The van der Waals surface area contributed by atoms with Crippen molar-refractivity contribution in [2.24, 2.45) is 11.8 Å². The van der Waals surface area contributed by atoms with Crippen LogP contribution in [-0.4, -0.2) is 25.5 Å². The minimum absolute atomic E-state index is 0.127. The molecular formula is C17H24N2O. The first-order valence-electron chi connectivity index (χ1n) is 7.78. The second kappa shape index (κ2) is 5.96. The third kappa shape index (κ3) is 2.73. The third-order valence-electron chi connectivity index (χ3n) is 5.02. The predicted octanol–water partition coefficient (Wildman–Crippen LogP) is 1.91. The summed E-state index contributed by atoms with van der Waals surface area (Å²) in [6, 6.07) is 9.49. The molecule has 1 amide bonds. The van der Waals surface area contributed by atoms with Gasteiger partial charge < -0.3 is 10.6 Å². The second-order valence-corrected chi connectivity index (χ2v) is 6.18. The summed E-state index contributed by atoms with van der Waals surface area (Å²) in [6.45, 7) is 0.799. The van der Waals surface area contributed by atoms with Crippen LogP contribution in [0, 0.1) is 11.8 Å². The van der Waals surface area contributed by atoms with Crippen molar-refractivity contribution in [2.45, 2.75) is 38.1 Å². The molecule has 0 heterocycles. The van der Waals surface area contributed by atoms with E-state index < -0.39 is 0 Å². The van der Waals surface area contributed by atoms with Gasteiger partial charge in [0.05, 0.1) is 0 Å². The average molecular weight is 272 g/mol. The number of hydrogen-bond acceptors (Lipinski definition) is 2. The standard InChI is InChI=1S/C17H24N2O/c1-18-16(20)8-9-19-17-14-6-7-15(17)11-13-5-3-2-4-12(13)10-14/h2-5,14-15,17,19H,6-11H2,1H3,(H,18,20). The van der Waals surface area contributed by atoms with E-state index in [1.807, 2.05) is 0 Å². The second-order valence-electron chi connectivity index (χ2n) is 6.18. The van der Waals surface area contributed by atoms with Gasteiger partial charge in [-0.1, -0.05) is 24.3 Å². The lowest BCUT2D eigenvalue weighted by Gasteiger charge is -2.23. The zero-order chi connectivity index (χ0) is 13.9. The van der Waals surface area contributed by atoms with Crippen molar-refractivity contribution in [1.82, 2.24) is 10.6 Å². The van der Waals surface area contributed by atoms with Crippen LogP contribution < -0.4 is 10.6 Å². The normalized spacial score (nSPS) is 27.8. The Morgan fingerprint density at radius 3 is 2.30 bits per heavy atom. The van der Waals surface area contributed by atoms with Crippen LogP contribution in [0.5, 0.6) is 0 Å². The molecule has 2 atom stereocenters. The molecule has 3 rings (SSSR count). The van der Waals surface area contributed by atoms with Gasteiger partial charge in [-0.15, -0.1) is 0 Å². The van der Waals surface area contributed by atoms with E-state index >= 15 is 0 Å². The van der Waals surface area contributed by atoms with E-state index in [1.54, 1.807) is 7.05 Å². The van der Waals surface area contributed by atoms with Gasteiger partial charge in [0.15, 0.2) is 0 Å². The maximum absolute atomic E-state index is 11.3. The van der Waals surface area contributed by atoms with Gasteiger partial charge in [-0.25, -0.2) is 0 Å². The lowest BCUT2D eigenvalue weighted by atomic mass is 9.94. The first kappa shape index (κ1) is 13.6. The average Bonchev–Trinajstić information content (AvgIpc) is 2.74. The highest BCUT2D eigenvalue weighted by atomic mass is 16.1. The van der Waals surface area contributed by atoms with Crippen molar-refractivity contribution >= 4 is 5.91 Å². The van der Waals surface area contributed by atoms with E-state index in [4.69, 9.17) is 0 Å². The molecule has 1 aromatic carbocycles. The highest BCUT2D eigenvalue weighted by Gasteiger charge is 2.38.